The van der Waals surface area contributed by atoms with Crippen LogP contribution in [0.5, 0.6) is 0 Å². The number of anilines is 1. The average molecular weight is 298 g/mol. The van der Waals surface area contributed by atoms with Gasteiger partial charge in [-0.3, -0.25) is 0 Å². The van der Waals surface area contributed by atoms with E-state index in [0.29, 0.717) is 0 Å². The van der Waals surface area contributed by atoms with Crippen LogP contribution in [0.1, 0.15) is 12.8 Å². The molecule has 0 aliphatic carbocycles. The molecular formula is C14H16ClNO4. The molecule has 2 fully saturated rings. The molecule has 0 saturated carbocycles. The first-order valence-electron chi connectivity index (χ1n) is 6.47. The normalized spacial score (nSPS) is 20.1. The Balaban J connectivity index is 0.000000452. The number of halogens is 1. The first-order valence-corrected chi connectivity index (χ1v) is 6.85. The van der Waals surface area contributed by atoms with E-state index in [1.165, 1.54) is 0 Å². The van der Waals surface area contributed by atoms with Gasteiger partial charge in [0.05, 0.1) is 23.9 Å². The topological polar surface area (TPSA) is 55.8 Å². The SMILES string of the molecule is Clc1ccccc1N1CCC2(CC1)OCCO2.O=C=O. The van der Waals surface area contributed by atoms with Crippen LogP contribution in [0.2, 0.25) is 5.02 Å². The zero-order valence-corrected chi connectivity index (χ0v) is 11.8. The third-order valence-electron chi connectivity index (χ3n) is 3.53. The van der Waals surface area contributed by atoms with Crippen LogP contribution in [-0.4, -0.2) is 38.2 Å². The number of piperidine rings is 1. The molecule has 2 heterocycles. The minimum absolute atomic E-state index is 0.250. The van der Waals surface area contributed by atoms with Crippen molar-refractivity contribution in [1.29, 1.82) is 0 Å². The summed E-state index contributed by atoms with van der Waals surface area (Å²) < 4.78 is 11.4. The highest BCUT2D eigenvalue weighted by atomic mass is 35.5. The molecule has 0 aromatic heterocycles. The van der Waals surface area contributed by atoms with E-state index >= 15 is 0 Å². The largest absolute Gasteiger partial charge is 0.373 e. The maximum Gasteiger partial charge on any atom is 0.373 e. The van der Waals surface area contributed by atoms with Crippen LogP contribution in [0.3, 0.4) is 0 Å². The summed E-state index contributed by atoms with van der Waals surface area (Å²) in [6.45, 7) is 3.33. The van der Waals surface area contributed by atoms with Crippen molar-refractivity contribution in [3.63, 3.8) is 0 Å². The lowest BCUT2D eigenvalue weighted by atomic mass is 10.0. The van der Waals surface area contributed by atoms with Crippen LogP contribution >= 0.6 is 11.6 Å². The number of benzene rings is 1. The molecule has 2 aliphatic rings. The summed E-state index contributed by atoms with van der Waals surface area (Å²) in [7, 11) is 0. The number of carbonyl (C=O) groups excluding carboxylic acids is 2. The molecule has 1 aromatic carbocycles. The van der Waals surface area contributed by atoms with Gasteiger partial charge in [0.25, 0.3) is 0 Å². The van der Waals surface area contributed by atoms with Gasteiger partial charge in [-0.25, -0.2) is 0 Å². The van der Waals surface area contributed by atoms with Crippen molar-refractivity contribution in [2.75, 3.05) is 31.2 Å². The second kappa shape index (κ2) is 6.86. The van der Waals surface area contributed by atoms with E-state index in [4.69, 9.17) is 30.7 Å². The van der Waals surface area contributed by atoms with Crippen molar-refractivity contribution in [2.24, 2.45) is 0 Å². The summed E-state index contributed by atoms with van der Waals surface area (Å²) in [4.78, 5) is 18.6. The van der Waals surface area contributed by atoms with E-state index in [-0.39, 0.29) is 11.9 Å². The Bertz CT molecular complexity index is 472. The molecule has 0 unspecified atom stereocenters. The summed E-state index contributed by atoms with van der Waals surface area (Å²) in [5.41, 5.74) is 1.11. The lowest BCUT2D eigenvalue weighted by Gasteiger charge is -2.39. The fraction of sp³-hybridized carbons (Fsp3) is 0.500. The molecule has 2 aliphatic heterocycles. The van der Waals surface area contributed by atoms with Crippen molar-refractivity contribution in [3.8, 4) is 0 Å². The van der Waals surface area contributed by atoms with Gasteiger partial charge in [-0.1, -0.05) is 23.7 Å². The fourth-order valence-electron chi connectivity index (χ4n) is 2.58. The van der Waals surface area contributed by atoms with Crippen molar-refractivity contribution in [1.82, 2.24) is 0 Å². The minimum Gasteiger partial charge on any atom is -0.370 e. The van der Waals surface area contributed by atoms with Gasteiger partial charge in [0.15, 0.2) is 5.79 Å². The Morgan fingerprint density at radius 1 is 1.10 bits per heavy atom. The maximum atomic E-state index is 8.12. The predicted octanol–water partition coefficient (Wildman–Crippen LogP) is 2.10. The fourth-order valence-corrected chi connectivity index (χ4v) is 2.84. The number of hydrogen-bond donors (Lipinski definition) is 0. The van der Waals surface area contributed by atoms with E-state index in [2.05, 4.69) is 11.0 Å². The van der Waals surface area contributed by atoms with Crippen LogP contribution in [0.15, 0.2) is 24.3 Å². The predicted molar refractivity (Wildman–Crippen MR) is 72.5 cm³/mol. The molecule has 1 spiro atoms. The minimum atomic E-state index is -0.308. The van der Waals surface area contributed by atoms with E-state index < -0.39 is 0 Å². The molecule has 0 bridgehead atoms. The van der Waals surface area contributed by atoms with Crippen LogP contribution in [0.25, 0.3) is 0 Å². The highest BCUT2D eigenvalue weighted by Crippen LogP contribution is 2.35. The first-order chi connectivity index (χ1) is 9.71. The van der Waals surface area contributed by atoms with Crippen LogP contribution < -0.4 is 4.90 Å². The molecule has 0 radical (unpaired) electrons. The van der Waals surface area contributed by atoms with Crippen LogP contribution in [0.4, 0.5) is 5.69 Å². The summed E-state index contributed by atoms with van der Waals surface area (Å²) >= 11 is 6.20. The van der Waals surface area contributed by atoms with Crippen molar-refractivity contribution < 1.29 is 19.1 Å². The Hall–Kier alpha value is -1.39. The smallest absolute Gasteiger partial charge is 0.370 e. The van der Waals surface area contributed by atoms with Gasteiger partial charge in [-0.2, -0.15) is 9.59 Å². The van der Waals surface area contributed by atoms with Crippen molar-refractivity contribution in [2.45, 2.75) is 18.6 Å². The molecule has 2 saturated heterocycles. The number of para-hydroxylation sites is 1. The highest BCUT2D eigenvalue weighted by Gasteiger charge is 2.39. The number of hydrogen-bond acceptors (Lipinski definition) is 5. The lowest BCUT2D eigenvalue weighted by molar-refractivity contribution is -0.191. The molecule has 5 nitrogen and oxygen atoms in total. The molecule has 3 rings (SSSR count). The quantitative estimate of drug-likeness (QED) is 0.794. The lowest BCUT2D eigenvalue weighted by Crippen LogP contribution is -2.45. The number of ether oxygens (including phenoxy) is 2. The monoisotopic (exact) mass is 297 g/mol. The standard InChI is InChI=1S/C13H16ClNO2.CO2/c14-11-3-1-2-4-12(11)15-7-5-13(6-8-15)16-9-10-17-13;2-1-3/h1-4H,5-10H2;. The molecule has 1 aromatic rings. The average Bonchev–Trinajstić information content (AvgIpc) is 2.90. The van der Waals surface area contributed by atoms with Gasteiger partial charge in [-0.05, 0) is 12.1 Å². The van der Waals surface area contributed by atoms with Gasteiger partial charge in [0.2, 0.25) is 0 Å². The van der Waals surface area contributed by atoms with E-state index in [1.807, 2.05) is 18.2 Å². The van der Waals surface area contributed by atoms with E-state index in [9.17, 15) is 0 Å². The molecule has 108 valence electrons. The third-order valence-corrected chi connectivity index (χ3v) is 3.85. The third kappa shape index (κ3) is 3.38. The maximum absolute atomic E-state index is 8.12. The second-order valence-electron chi connectivity index (χ2n) is 4.63. The van der Waals surface area contributed by atoms with Gasteiger partial charge in [0.1, 0.15) is 0 Å². The molecule has 6 heteroatoms. The van der Waals surface area contributed by atoms with Gasteiger partial charge in [0, 0.05) is 25.9 Å². The first kappa shape index (κ1) is 15.0. The summed E-state index contributed by atoms with van der Waals surface area (Å²) in [5, 5.41) is 0.816. The van der Waals surface area contributed by atoms with E-state index in [1.54, 1.807) is 0 Å². The molecule has 0 N–H and O–H groups in total. The number of rotatable bonds is 1. The summed E-state index contributed by atoms with van der Waals surface area (Å²) in [6, 6.07) is 7.98. The highest BCUT2D eigenvalue weighted by molar-refractivity contribution is 6.33. The Kier molecular flexibility index (Phi) is 5.15. The van der Waals surface area contributed by atoms with Crippen LogP contribution in [-0.2, 0) is 19.1 Å². The molecule has 0 amide bonds. The van der Waals surface area contributed by atoms with Gasteiger partial charge >= 0.3 is 6.15 Å². The second-order valence-corrected chi connectivity index (χ2v) is 5.04. The number of nitrogens with zero attached hydrogens (tertiary/aromatic N) is 1. The van der Waals surface area contributed by atoms with Gasteiger partial charge < -0.3 is 14.4 Å². The van der Waals surface area contributed by atoms with Crippen molar-refractivity contribution in [3.05, 3.63) is 29.3 Å². The zero-order chi connectivity index (χ0) is 14.4. The molecule has 0 atom stereocenters. The van der Waals surface area contributed by atoms with Crippen molar-refractivity contribution >= 4 is 23.4 Å². The Labute approximate surface area is 122 Å². The summed E-state index contributed by atoms with van der Waals surface area (Å²) in [6.07, 6.45) is 2.08. The molecule has 20 heavy (non-hydrogen) atoms. The van der Waals surface area contributed by atoms with E-state index in [0.717, 1.165) is 49.9 Å². The Morgan fingerprint density at radius 2 is 1.65 bits per heavy atom. The zero-order valence-electron chi connectivity index (χ0n) is 11.0. The summed E-state index contributed by atoms with van der Waals surface area (Å²) in [5.74, 6) is -0.308. The Morgan fingerprint density at radius 3 is 2.20 bits per heavy atom. The van der Waals surface area contributed by atoms with Crippen LogP contribution in [0, 0.1) is 0 Å². The van der Waals surface area contributed by atoms with Gasteiger partial charge in [-0.15, -0.1) is 0 Å². The molecular weight excluding hydrogens is 282 g/mol.